The number of carbonyl (C=O) groups excluding carboxylic acids is 1. The number of methoxy groups -OCH3 is 1. The molecule has 7 nitrogen and oxygen atoms in total. The Hall–Kier alpha value is -1.71. The van der Waals surface area contributed by atoms with Crippen LogP contribution in [-0.2, 0) is 19.6 Å². The van der Waals surface area contributed by atoms with Crippen molar-refractivity contribution in [3.8, 4) is 0 Å². The lowest BCUT2D eigenvalue weighted by molar-refractivity contribution is -0.123. The van der Waals surface area contributed by atoms with Gasteiger partial charge in [0.2, 0.25) is 15.9 Å². The van der Waals surface area contributed by atoms with E-state index in [9.17, 15) is 13.2 Å². The SMILES string of the molecule is COCCNC(=O)C1CN(S(=O)(=O)c2ccc3cc(Cl)ccc3c2)CCN1. The molecule has 1 aliphatic heterocycles. The minimum atomic E-state index is -3.70. The second kappa shape index (κ2) is 8.53. The van der Waals surface area contributed by atoms with Crippen molar-refractivity contribution >= 4 is 38.3 Å². The van der Waals surface area contributed by atoms with Crippen LogP contribution in [0.4, 0.5) is 0 Å². The number of ether oxygens (including phenoxy) is 1. The van der Waals surface area contributed by atoms with E-state index in [2.05, 4.69) is 10.6 Å². The van der Waals surface area contributed by atoms with Gasteiger partial charge in [-0.1, -0.05) is 23.7 Å². The Morgan fingerprint density at radius 3 is 2.81 bits per heavy atom. The predicted octanol–water partition coefficient (Wildman–Crippen LogP) is 1.22. The van der Waals surface area contributed by atoms with Gasteiger partial charge < -0.3 is 15.4 Å². The number of benzene rings is 2. The fraction of sp³-hybridized carbons (Fsp3) is 0.389. The van der Waals surface area contributed by atoms with Crippen molar-refractivity contribution in [3.05, 3.63) is 41.4 Å². The summed E-state index contributed by atoms with van der Waals surface area (Å²) in [5, 5.41) is 8.06. The molecule has 27 heavy (non-hydrogen) atoms. The van der Waals surface area contributed by atoms with Crippen molar-refractivity contribution in [2.45, 2.75) is 10.9 Å². The summed E-state index contributed by atoms with van der Waals surface area (Å²) >= 11 is 5.98. The highest BCUT2D eigenvalue weighted by atomic mass is 35.5. The number of rotatable bonds is 6. The Morgan fingerprint density at radius 1 is 1.30 bits per heavy atom. The van der Waals surface area contributed by atoms with E-state index in [1.165, 1.54) is 4.31 Å². The number of nitrogens with one attached hydrogen (secondary N) is 2. The monoisotopic (exact) mass is 411 g/mol. The Morgan fingerprint density at radius 2 is 2.04 bits per heavy atom. The van der Waals surface area contributed by atoms with Gasteiger partial charge in [0.15, 0.2) is 0 Å². The first-order valence-electron chi connectivity index (χ1n) is 8.61. The van der Waals surface area contributed by atoms with Gasteiger partial charge in [0, 0.05) is 38.3 Å². The van der Waals surface area contributed by atoms with Gasteiger partial charge in [0.25, 0.3) is 0 Å². The topological polar surface area (TPSA) is 87.7 Å². The quantitative estimate of drug-likeness (QED) is 0.698. The number of amides is 1. The van der Waals surface area contributed by atoms with Crippen molar-refractivity contribution in [2.24, 2.45) is 0 Å². The molecular formula is C18H22ClN3O4S. The second-order valence-corrected chi connectivity index (χ2v) is 8.68. The number of hydrogen-bond donors (Lipinski definition) is 2. The summed E-state index contributed by atoms with van der Waals surface area (Å²) in [6, 6.07) is 9.67. The number of nitrogens with zero attached hydrogens (tertiary/aromatic N) is 1. The summed E-state index contributed by atoms with van der Waals surface area (Å²) in [4.78, 5) is 12.4. The van der Waals surface area contributed by atoms with Gasteiger partial charge in [-0.3, -0.25) is 4.79 Å². The lowest BCUT2D eigenvalue weighted by Crippen LogP contribution is -2.58. The fourth-order valence-corrected chi connectivity index (χ4v) is 4.69. The third-order valence-electron chi connectivity index (χ3n) is 4.47. The number of piperazine rings is 1. The van der Waals surface area contributed by atoms with Crippen LogP contribution in [0.2, 0.25) is 5.02 Å². The summed E-state index contributed by atoms with van der Waals surface area (Å²) in [6.07, 6.45) is 0. The lowest BCUT2D eigenvalue weighted by Gasteiger charge is -2.32. The number of fused-ring (bicyclic) bond motifs is 1. The second-order valence-electron chi connectivity index (χ2n) is 6.31. The molecule has 0 saturated carbocycles. The molecule has 1 amide bonds. The molecule has 1 heterocycles. The fourth-order valence-electron chi connectivity index (χ4n) is 3.02. The summed E-state index contributed by atoms with van der Waals surface area (Å²) in [6.45, 7) is 1.59. The van der Waals surface area contributed by atoms with E-state index in [1.54, 1.807) is 43.5 Å². The molecule has 1 saturated heterocycles. The van der Waals surface area contributed by atoms with Crippen molar-refractivity contribution in [3.63, 3.8) is 0 Å². The Kier molecular flexibility index (Phi) is 6.33. The standard InChI is InChI=1S/C18H22ClN3O4S/c1-26-9-7-21-18(23)17-12-22(8-6-20-17)27(24,25)16-5-3-13-10-15(19)4-2-14(13)11-16/h2-5,10-11,17,20H,6-9,12H2,1H3,(H,21,23). The van der Waals surface area contributed by atoms with Crippen LogP contribution < -0.4 is 10.6 Å². The molecule has 2 aromatic rings. The normalized spacial score (nSPS) is 18.5. The Labute approximate surface area is 163 Å². The van der Waals surface area contributed by atoms with Crippen molar-refractivity contribution in [1.82, 2.24) is 14.9 Å². The summed E-state index contributed by atoms with van der Waals surface area (Å²) in [5.74, 6) is -0.236. The van der Waals surface area contributed by atoms with Crippen LogP contribution in [0.1, 0.15) is 0 Å². The molecule has 2 N–H and O–H groups in total. The molecule has 1 aliphatic rings. The van der Waals surface area contributed by atoms with E-state index in [-0.39, 0.29) is 17.3 Å². The zero-order chi connectivity index (χ0) is 19.4. The van der Waals surface area contributed by atoms with E-state index < -0.39 is 16.1 Å². The van der Waals surface area contributed by atoms with Gasteiger partial charge in [-0.05, 0) is 35.0 Å². The molecule has 9 heteroatoms. The molecule has 2 aromatic carbocycles. The zero-order valence-corrected chi connectivity index (χ0v) is 16.5. The van der Waals surface area contributed by atoms with Gasteiger partial charge in [0.1, 0.15) is 6.04 Å². The number of carbonyl (C=O) groups is 1. The third kappa shape index (κ3) is 4.59. The number of sulfonamides is 1. The minimum Gasteiger partial charge on any atom is -0.383 e. The van der Waals surface area contributed by atoms with Crippen LogP contribution in [0, 0.1) is 0 Å². The molecular weight excluding hydrogens is 390 g/mol. The molecule has 0 spiro atoms. The Balaban J connectivity index is 1.77. The summed E-state index contributed by atoms with van der Waals surface area (Å²) in [7, 11) is -2.15. The molecule has 0 radical (unpaired) electrons. The maximum atomic E-state index is 13.0. The smallest absolute Gasteiger partial charge is 0.243 e. The third-order valence-corrected chi connectivity index (χ3v) is 6.57. The average Bonchev–Trinajstić information content (AvgIpc) is 2.67. The molecule has 146 valence electrons. The largest absolute Gasteiger partial charge is 0.383 e. The van der Waals surface area contributed by atoms with Crippen molar-refractivity contribution in [1.29, 1.82) is 0 Å². The van der Waals surface area contributed by atoms with Gasteiger partial charge >= 0.3 is 0 Å². The molecule has 1 atom stereocenters. The van der Waals surface area contributed by atoms with Gasteiger partial charge in [-0.25, -0.2) is 8.42 Å². The van der Waals surface area contributed by atoms with Crippen LogP contribution >= 0.6 is 11.6 Å². The van der Waals surface area contributed by atoms with E-state index in [0.29, 0.717) is 31.3 Å². The maximum absolute atomic E-state index is 13.0. The zero-order valence-electron chi connectivity index (χ0n) is 14.9. The van der Waals surface area contributed by atoms with Crippen LogP contribution in [-0.4, -0.2) is 64.6 Å². The lowest BCUT2D eigenvalue weighted by atomic mass is 10.1. The average molecular weight is 412 g/mol. The summed E-state index contributed by atoms with van der Waals surface area (Å²) in [5.41, 5.74) is 0. The molecule has 0 bridgehead atoms. The van der Waals surface area contributed by atoms with Gasteiger partial charge in [-0.15, -0.1) is 0 Å². The van der Waals surface area contributed by atoms with E-state index in [0.717, 1.165) is 10.8 Å². The molecule has 3 rings (SSSR count). The highest BCUT2D eigenvalue weighted by Gasteiger charge is 2.33. The van der Waals surface area contributed by atoms with Crippen LogP contribution in [0.15, 0.2) is 41.3 Å². The van der Waals surface area contributed by atoms with Gasteiger partial charge in [-0.2, -0.15) is 4.31 Å². The first kappa shape index (κ1) is 20.0. The molecule has 1 unspecified atom stereocenters. The van der Waals surface area contributed by atoms with E-state index >= 15 is 0 Å². The first-order valence-corrected chi connectivity index (χ1v) is 10.4. The maximum Gasteiger partial charge on any atom is 0.243 e. The van der Waals surface area contributed by atoms with Crippen LogP contribution in [0.3, 0.4) is 0 Å². The van der Waals surface area contributed by atoms with E-state index in [1.807, 2.05) is 0 Å². The summed E-state index contributed by atoms with van der Waals surface area (Å²) < 4.78 is 32.3. The number of hydrogen-bond acceptors (Lipinski definition) is 5. The minimum absolute atomic E-state index is 0.0831. The highest BCUT2D eigenvalue weighted by Crippen LogP contribution is 2.25. The first-order chi connectivity index (χ1) is 12.9. The van der Waals surface area contributed by atoms with Crippen molar-refractivity contribution in [2.75, 3.05) is 39.9 Å². The van der Waals surface area contributed by atoms with Gasteiger partial charge in [0.05, 0.1) is 11.5 Å². The molecule has 1 fully saturated rings. The predicted molar refractivity (Wildman–Crippen MR) is 104 cm³/mol. The van der Waals surface area contributed by atoms with Crippen LogP contribution in [0.25, 0.3) is 10.8 Å². The van der Waals surface area contributed by atoms with Crippen LogP contribution in [0.5, 0.6) is 0 Å². The number of halogens is 1. The molecule has 0 aromatic heterocycles. The van der Waals surface area contributed by atoms with Crippen molar-refractivity contribution < 1.29 is 17.9 Å². The van der Waals surface area contributed by atoms with E-state index in [4.69, 9.17) is 16.3 Å². The Bertz CT molecular complexity index is 935. The highest BCUT2D eigenvalue weighted by molar-refractivity contribution is 7.89. The molecule has 0 aliphatic carbocycles.